The molecule has 0 unspecified atom stereocenters. The number of methoxy groups -OCH3 is 1. The quantitative estimate of drug-likeness (QED) is 0.602. The second-order valence-corrected chi connectivity index (χ2v) is 5.37. The number of rotatable bonds is 4. The molecule has 0 bridgehead atoms. The van der Waals surface area contributed by atoms with Gasteiger partial charge in [-0.15, -0.1) is 5.10 Å². The highest BCUT2D eigenvalue weighted by molar-refractivity contribution is 5.66. The van der Waals surface area contributed by atoms with Crippen LogP contribution >= 0.6 is 0 Å². The molecular weight excluding hydrogens is 339 g/mol. The number of ether oxygens (including phenoxy) is 1. The van der Waals surface area contributed by atoms with E-state index in [1.165, 1.54) is 16.8 Å². The van der Waals surface area contributed by atoms with Gasteiger partial charge in [0, 0.05) is 5.56 Å². The van der Waals surface area contributed by atoms with Crippen LogP contribution in [0.15, 0.2) is 53.1 Å². The van der Waals surface area contributed by atoms with Gasteiger partial charge < -0.3 is 15.0 Å². The summed E-state index contributed by atoms with van der Waals surface area (Å²) in [5.41, 5.74) is 7.49. The lowest BCUT2D eigenvalue weighted by atomic mass is 10.2. The first kappa shape index (κ1) is 15.8. The lowest BCUT2D eigenvalue weighted by molar-refractivity contribution is 0.414. The van der Waals surface area contributed by atoms with E-state index in [-0.39, 0.29) is 17.4 Å². The first-order chi connectivity index (χ1) is 12.7. The molecule has 0 saturated heterocycles. The third kappa shape index (κ3) is 2.75. The van der Waals surface area contributed by atoms with Gasteiger partial charge in [0.25, 0.3) is 5.89 Å². The average Bonchev–Trinajstić information content (AvgIpc) is 3.28. The molecule has 2 aromatic carbocycles. The molecule has 0 atom stereocenters. The number of nitrogen functional groups attached to an aromatic ring is 1. The summed E-state index contributed by atoms with van der Waals surface area (Å²) in [6.45, 7) is 0. The molecule has 26 heavy (non-hydrogen) atoms. The van der Waals surface area contributed by atoms with Crippen LogP contribution in [-0.2, 0) is 0 Å². The molecule has 0 radical (unpaired) electrons. The summed E-state index contributed by atoms with van der Waals surface area (Å²) in [5, 5.41) is 11.9. The number of hydrogen-bond acceptors (Lipinski definition) is 7. The normalized spacial score (nSPS) is 10.8. The molecule has 130 valence electrons. The van der Waals surface area contributed by atoms with Gasteiger partial charge in [0.1, 0.15) is 11.6 Å². The van der Waals surface area contributed by atoms with Crippen LogP contribution in [0, 0.1) is 5.82 Å². The van der Waals surface area contributed by atoms with Gasteiger partial charge in [0.05, 0.1) is 12.8 Å². The maximum atomic E-state index is 13.4. The van der Waals surface area contributed by atoms with Crippen LogP contribution in [-0.4, -0.2) is 32.2 Å². The zero-order chi connectivity index (χ0) is 18.1. The molecule has 9 heteroatoms. The Hall–Kier alpha value is -3.75. The summed E-state index contributed by atoms with van der Waals surface area (Å²) in [4.78, 5) is 4.30. The smallest absolute Gasteiger partial charge is 0.282 e. The van der Waals surface area contributed by atoms with Crippen molar-refractivity contribution in [2.45, 2.75) is 0 Å². The summed E-state index contributed by atoms with van der Waals surface area (Å²) >= 11 is 0. The number of nitrogens with zero attached hydrogens (tertiary/aromatic N) is 5. The molecule has 4 rings (SSSR count). The first-order valence-corrected chi connectivity index (χ1v) is 7.61. The van der Waals surface area contributed by atoms with Crippen LogP contribution in [0.4, 0.5) is 10.2 Å². The van der Waals surface area contributed by atoms with Gasteiger partial charge in [-0.25, -0.2) is 4.39 Å². The van der Waals surface area contributed by atoms with Crippen molar-refractivity contribution in [2.24, 2.45) is 0 Å². The Bertz CT molecular complexity index is 1060. The number of benzene rings is 2. The van der Waals surface area contributed by atoms with Gasteiger partial charge >= 0.3 is 0 Å². The molecule has 8 nitrogen and oxygen atoms in total. The Morgan fingerprint density at radius 2 is 1.96 bits per heavy atom. The molecule has 2 N–H and O–H groups in total. The topological polar surface area (TPSA) is 105 Å². The lowest BCUT2D eigenvalue weighted by Gasteiger charge is -2.02. The minimum absolute atomic E-state index is 0.121. The summed E-state index contributed by atoms with van der Waals surface area (Å²) in [6, 6.07) is 13.0. The summed E-state index contributed by atoms with van der Waals surface area (Å²) in [6.07, 6.45) is 0. The largest absolute Gasteiger partial charge is 0.497 e. The molecule has 0 aliphatic heterocycles. The SMILES string of the molecule is COc1ccc(-c2noc(-c3nnn(-c4cccc(F)c4)c3N)n2)cc1. The fourth-order valence-corrected chi connectivity index (χ4v) is 2.42. The van der Waals surface area contributed by atoms with Gasteiger partial charge in [-0.1, -0.05) is 16.4 Å². The Morgan fingerprint density at radius 1 is 1.15 bits per heavy atom. The fourth-order valence-electron chi connectivity index (χ4n) is 2.42. The molecule has 0 aliphatic carbocycles. The van der Waals surface area contributed by atoms with E-state index in [0.717, 1.165) is 11.3 Å². The monoisotopic (exact) mass is 352 g/mol. The minimum Gasteiger partial charge on any atom is -0.497 e. The third-order valence-electron chi connectivity index (χ3n) is 3.73. The average molecular weight is 352 g/mol. The van der Waals surface area contributed by atoms with Gasteiger partial charge in [0.2, 0.25) is 5.82 Å². The number of anilines is 1. The van der Waals surface area contributed by atoms with Crippen molar-refractivity contribution >= 4 is 5.82 Å². The van der Waals surface area contributed by atoms with Gasteiger partial charge in [-0.2, -0.15) is 9.67 Å². The van der Waals surface area contributed by atoms with E-state index in [2.05, 4.69) is 20.5 Å². The molecule has 0 amide bonds. The highest BCUT2D eigenvalue weighted by atomic mass is 19.1. The second-order valence-electron chi connectivity index (χ2n) is 5.37. The van der Waals surface area contributed by atoms with E-state index >= 15 is 0 Å². The molecule has 0 fully saturated rings. The van der Waals surface area contributed by atoms with Crippen molar-refractivity contribution in [3.8, 4) is 34.4 Å². The van der Waals surface area contributed by atoms with E-state index in [1.54, 1.807) is 43.5 Å². The zero-order valence-electron chi connectivity index (χ0n) is 13.6. The highest BCUT2D eigenvalue weighted by Crippen LogP contribution is 2.27. The number of aromatic nitrogens is 5. The summed E-state index contributed by atoms with van der Waals surface area (Å²) in [7, 11) is 1.59. The lowest BCUT2D eigenvalue weighted by Crippen LogP contribution is -2.02. The van der Waals surface area contributed by atoms with Crippen molar-refractivity contribution in [1.82, 2.24) is 25.1 Å². The molecule has 2 heterocycles. The molecule has 0 spiro atoms. The Labute approximate surface area is 147 Å². The molecular formula is C17H13FN6O2. The van der Waals surface area contributed by atoms with Gasteiger partial charge in [-0.3, -0.25) is 0 Å². The molecule has 4 aromatic rings. The van der Waals surface area contributed by atoms with Gasteiger partial charge in [0.15, 0.2) is 11.5 Å². The van der Waals surface area contributed by atoms with Crippen LogP contribution in [0.5, 0.6) is 5.75 Å². The summed E-state index contributed by atoms with van der Waals surface area (Å²) in [5.74, 6) is 0.983. The molecule has 0 aliphatic rings. The van der Waals surface area contributed by atoms with Crippen molar-refractivity contribution in [1.29, 1.82) is 0 Å². The van der Waals surface area contributed by atoms with E-state index in [9.17, 15) is 4.39 Å². The highest BCUT2D eigenvalue weighted by Gasteiger charge is 2.20. The predicted octanol–water partition coefficient (Wildman–Crippen LogP) is 2.71. The van der Waals surface area contributed by atoms with Crippen LogP contribution in [0.25, 0.3) is 28.7 Å². The van der Waals surface area contributed by atoms with Crippen LogP contribution < -0.4 is 10.5 Å². The Morgan fingerprint density at radius 3 is 2.69 bits per heavy atom. The van der Waals surface area contributed by atoms with Crippen LogP contribution in [0.3, 0.4) is 0 Å². The first-order valence-electron chi connectivity index (χ1n) is 7.61. The van der Waals surface area contributed by atoms with E-state index in [4.69, 9.17) is 15.0 Å². The second kappa shape index (κ2) is 6.28. The number of hydrogen-bond donors (Lipinski definition) is 1. The molecule has 0 saturated carbocycles. The van der Waals surface area contributed by atoms with Crippen molar-refractivity contribution in [3.63, 3.8) is 0 Å². The van der Waals surface area contributed by atoms with E-state index < -0.39 is 5.82 Å². The van der Waals surface area contributed by atoms with Crippen molar-refractivity contribution in [3.05, 3.63) is 54.3 Å². The maximum absolute atomic E-state index is 13.4. The Balaban J connectivity index is 1.68. The standard InChI is InChI=1S/C17H13FN6O2/c1-25-13-7-5-10(6-8-13)16-20-17(26-22-16)14-15(19)24(23-21-14)12-4-2-3-11(18)9-12/h2-9H,19H2,1H3. The van der Waals surface area contributed by atoms with Crippen molar-refractivity contribution in [2.75, 3.05) is 12.8 Å². The van der Waals surface area contributed by atoms with Gasteiger partial charge in [-0.05, 0) is 42.5 Å². The third-order valence-corrected chi connectivity index (χ3v) is 3.73. The summed E-state index contributed by atoms with van der Waals surface area (Å²) < 4.78 is 25.1. The number of halogens is 1. The predicted molar refractivity (Wildman–Crippen MR) is 91.0 cm³/mol. The molecule has 2 aromatic heterocycles. The maximum Gasteiger partial charge on any atom is 0.282 e. The van der Waals surface area contributed by atoms with E-state index in [1.807, 2.05) is 0 Å². The van der Waals surface area contributed by atoms with E-state index in [0.29, 0.717) is 11.5 Å². The van der Waals surface area contributed by atoms with Crippen molar-refractivity contribution < 1.29 is 13.7 Å². The van der Waals surface area contributed by atoms with Crippen LogP contribution in [0.1, 0.15) is 0 Å². The fraction of sp³-hybridized carbons (Fsp3) is 0.0588. The zero-order valence-corrected chi connectivity index (χ0v) is 13.6. The Kier molecular flexibility index (Phi) is 3.81. The van der Waals surface area contributed by atoms with Crippen LogP contribution in [0.2, 0.25) is 0 Å². The minimum atomic E-state index is -0.404. The number of nitrogens with two attached hydrogens (primary N) is 1.